The topological polar surface area (TPSA) is 60.7 Å². The van der Waals surface area contributed by atoms with E-state index in [2.05, 4.69) is 5.32 Å². The maximum Gasteiger partial charge on any atom is 0.407 e. The van der Waals surface area contributed by atoms with Gasteiger partial charge >= 0.3 is 6.09 Å². The molecule has 0 saturated carbocycles. The number of alkyl carbamates (subject to hydrolysis) is 1. The highest BCUT2D eigenvalue weighted by Crippen LogP contribution is 2.24. The number of hydrogen-bond acceptors (Lipinski definition) is 4. The van der Waals surface area contributed by atoms with Crippen molar-refractivity contribution in [3.63, 3.8) is 0 Å². The highest BCUT2D eigenvalue weighted by atomic mass is 19.1. The summed E-state index contributed by atoms with van der Waals surface area (Å²) >= 11 is 0. The summed E-state index contributed by atoms with van der Waals surface area (Å²) in [5, 5.41) is 3.40. The van der Waals surface area contributed by atoms with Gasteiger partial charge in [-0.15, -0.1) is 0 Å². The molecule has 0 bridgehead atoms. The minimum absolute atomic E-state index is 0.106. The number of furan rings is 1. The van der Waals surface area contributed by atoms with Crippen molar-refractivity contribution >= 4 is 17.1 Å². The summed E-state index contributed by atoms with van der Waals surface area (Å²) in [7, 11) is 0. The van der Waals surface area contributed by atoms with Gasteiger partial charge in [-0.25, -0.2) is 9.18 Å². The molecular formula is C16H18FNO4. The molecular weight excluding hydrogens is 289 g/mol. The van der Waals surface area contributed by atoms with Crippen LogP contribution in [-0.4, -0.2) is 25.4 Å². The molecule has 1 N–H and O–H groups in total. The number of carbonyl (C=O) groups is 1. The van der Waals surface area contributed by atoms with E-state index in [0.29, 0.717) is 42.8 Å². The Kier molecular flexibility index (Phi) is 4.29. The zero-order chi connectivity index (χ0) is 15.5. The van der Waals surface area contributed by atoms with Crippen molar-refractivity contribution in [1.29, 1.82) is 0 Å². The molecule has 3 rings (SSSR count). The molecule has 1 aromatic heterocycles. The lowest BCUT2D eigenvalue weighted by Crippen LogP contribution is -2.33. The fourth-order valence-electron chi connectivity index (χ4n) is 2.48. The van der Waals surface area contributed by atoms with Crippen LogP contribution in [0.3, 0.4) is 0 Å². The summed E-state index contributed by atoms with van der Waals surface area (Å²) in [4.78, 5) is 11.9. The van der Waals surface area contributed by atoms with E-state index in [-0.39, 0.29) is 18.0 Å². The number of ether oxygens (including phenoxy) is 2. The standard InChI is InChI=1S/C16H18FNO4/c1-10(18-16(19)21-13-4-6-20-7-5-13)15-9-11-8-12(17)2-3-14(11)22-15/h2-3,8-10,13H,4-7H2,1H3,(H,18,19). The van der Waals surface area contributed by atoms with Crippen molar-refractivity contribution in [2.24, 2.45) is 0 Å². The third-order valence-corrected chi connectivity index (χ3v) is 3.70. The number of hydrogen-bond donors (Lipinski definition) is 1. The van der Waals surface area contributed by atoms with Gasteiger partial charge in [0.05, 0.1) is 19.3 Å². The molecule has 1 amide bonds. The van der Waals surface area contributed by atoms with Crippen LogP contribution in [0.25, 0.3) is 11.0 Å². The van der Waals surface area contributed by atoms with Crippen molar-refractivity contribution in [2.75, 3.05) is 13.2 Å². The Bertz CT molecular complexity index is 663. The SMILES string of the molecule is CC(NC(=O)OC1CCOCC1)c1cc2cc(F)ccc2o1. The van der Waals surface area contributed by atoms with Gasteiger partial charge in [0.1, 0.15) is 23.3 Å². The lowest BCUT2D eigenvalue weighted by molar-refractivity contribution is 0.000762. The average Bonchev–Trinajstić information content (AvgIpc) is 2.91. The van der Waals surface area contributed by atoms with E-state index in [9.17, 15) is 9.18 Å². The predicted octanol–water partition coefficient (Wildman–Crippen LogP) is 3.54. The lowest BCUT2D eigenvalue weighted by atomic mass is 10.2. The van der Waals surface area contributed by atoms with Crippen LogP contribution >= 0.6 is 0 Å². The molecule has 5 nitrogen and oxygen atoms in total. The van der Waals surface area contributed by atoms with Gasteiger partial charge in [-0.3, -0.25) is 0 Å². The first kappa shape index (κ1) is 14.8. The van der Waals surface area contributed by atoms with Crippen LogP contribution in [0, 0.1) is 5.82 Å². The van der Waals surface area contributed by atoms with Gasteiger partial charge in [-0.1, -0.05) is 0 Å². The third-order valence-electron chi connectivity index (χ3n) is 3.70. The Morgan fingerprint density at radius 3 is 2.91 bits per heavy atom. The van der Waals surface area contributed by atoms with E-state index in [1.807, 2.05) is 0 Å². The van der Waals surface area contributed by atoms with E-state index in [0.717, 1.165) is 0 Å². The Morgan fingerprint density at radius 1 is 1.36 bits per heavy atom. The number of fused-ring (bicyclic) bond motifs is 1. The maximum absolute atomic E-state index is 13.2. The van der Waals surface area contributed by atoms with E-state index in [4.69, 9.17) is 13.9 Å². The predicted molar refractivity (Wildman–Crippen MR) is 78.0 cm³/mol. The fourth-order valence-corrected chi connectivity index (χ4v) is 2.48. The molecule has 1 saturated heterocycles. The first-order valence-corrected chi connectivity index (χ1v) is 7.36. The molecule has 1 aliphatic rings. The lowest BCUT2D eigenvalue weighted by Gasteiger charge is -2.23. The molecule has 1 unspecified atom stereocenters. The van der Waals surface area contributed by atoms with E-state index < -0.39 is 6.09 Å². The smallest absolute Gasteiger partial charge is 0.407 e. The summed E-state index contributed by atoms with van der Waals surface area (Å²) in [5.74, 6) is 0.240. The van der Waals surface area contributed by atoms with Gasteiger partial charge in [0, 0.05) is 18.2 Å². The van der Waals surface area contributed by atoms with Gasteiger partial charge in [0.2, 0.25) is 0 Å². The van der Waals surface area contributed by atoms with Gasteiger partial charge < -0.3 is 19.2 Å². The van der Waals surface area contributed by atoms with Crippen molar-refractivity contribution in [3.8, 4) is 0 Å². The molecule has 0 spiro atoms. The molecule has 22 heavy (non-hydrogen) atoms. The second-order valence-electron chi connectivity index (χ2n) is 5.41. The minimum atomic E-state index is -0.481. The highest BCUT2D eigenvalue weighted by Gasteiger charge is 2.20. The maximum atomic E-state index is 13.2. The van der Waals surface area contributed by atoms with Crippen molar-refractivity contribution in [3.05, 3.63) is 35.8 Å². The monoisotopic (exact) mass is 307 g/mol. The first-order valence-electron chi connectivity index (χ1n) is 7.36. The highest BCUT2D eigenvalue weighted by molar-refractivity contribution is 5.78. The van der Waals surface area contributed by atoms with E-state index >= 15 is 0 Å². The molecule has 1 aliphatic heterocycles. The molecule has 2 aromatic rings. The molecule has 6 heteroatoms. The molecule has 2 heterocycles. The number of benzene rings is 1. The number of halogens is 1. The van der Waals surface area contributed by atoms with E-state index in [1.165, 1.54) is 12.1 Å². The second kappa shape index (κ2) is 6.36. The van der Waals surface area contributed by atoms with Gasteiger partial charge in [-0.05, 0) is 31.2 Å². The average molecular weight is 307 g/mol. The van der Waals surface area contributed by atoms with Crippen LogP contribution in [0.1, 0.15) is 31.6 Å². The van der Waals surface area contributed by atoms with Crippen LogP contribution < -0.4 is 5.32 Å². The van der Waals surface area contributed by atoms with Gasteiger partial charge in [-0.2, -0.15) is 0 Å². The molecule has 0 radical (unpaired) electrons. The first-order chi connectivity index (χ1) is 10.6. The second-order valence-corrected chi connectivity index (χ2v) is 5.41. The Labute approximate surface area is 127 Å². The summed E-state index contributed by atoms with van der Waals surface area (Å²) in [6.45, 7) is 3.02. The van der Waals surface area contributed by atoms with Crippen molar-refractivity contribution < 1.29 is 23.1 Å². The largest absolute Gasteiger partial charge is 0.459 e. The minimum Gasteiger partial charge on any atom is -0.459 e. The Hall–Kier alpha value is -2.08. The normalized spacial score (nSPS) is 17.4. The number of nitrogens with one attached hydrogen (secondary N) is 1. The van der Waals surface area contributed by atoms with Crippen LogP contribution in [0.4, 0.5) is 9.18 Å². The zero-order valence-corrected chi connectivity index (χ0v) is 12.3. The Morgan fingerprint density at radius 2 is 2.14 bits per heavy atom. The summed E-state index contributed by atoms with van der Waals surface area (Å²) in [6.07, 6.45) is 0.842. The number of rotatable bonds is 3. The summed E-state index contributed by atoms with van der Waals surface area (Å²) < 4.78 is 29.4. The number of carbonyl (C=O) groups excluding carboxylic acids is 1. The molecule has 118 valence electrons. The van der Waals surface area contributed by atoms with Crippen molar-refractivity contribution in [1.82, 2.24) is 5.32 Å². The van der Waals surface area contributed by atoms with Crippen LogP contribution in [0.5, 0.6) is 0 Å². The quantitative estimate of drug-likeness (QED) is 0.942. The fraction of sp³-hybridized carbons (Fsp3) is 0.438. The van der Waals surface area contributed by atoms with Crippen molar-refractivity contribution in [2.45, 2.75) is 31.9 Å². The summed E-state index contributed by atoms with van der Waals surface area (Å²) in [5.41, 5.74) is 0.586. The molecule has 1 aromatic carbocycles. The van der Waals surface area contributed by atoms with Gasteiger partial charge in [0.25, 0.3) is 0 Å². The third kappa shape index (κ3) is 3.39. The molecule has 0 aliphatic carbocycles. The zero-order valence-electron chi connectivity index (χ0n) is 12.3. The van der Waals surface area contributed by atoms with Crippen LogP contribution in [0.2, 0.25) is 0 Å². The van der Waals surface area contributed by atoms with Crippen LogP contribution in [0.15, 0.2) is 28.7 Å². The summed E-state index contributed by atoms with van der Waals surface area (Å²) in [6, 6.07) is 5.67. The molecule has 1 fully saturated rings. The van der Waals surface area contributed by atoms with E-state index in [1.54, 1.807) is 19.1 Å². The molecule has 1 atom stereocenters. The Balaban J connectivity index is 1.62. The van der Waals surface area contributed by atoms with Crippen LogP contribution in [-0.2, 0) is 9.47 Å². The number of amides is 1. The van der Waals surface area contributed by atoms with Gasteiger partial charge in [0.15, 0.2) is 0 Å².